The average Bonchev–Trinajstić information content (AvgIpc) is 3.31. The van der Waals surface area contributed by atoms with E-state index in [-0.39, 0.29) is 17.7 Å². The first-order valence-electron chi connectivity index (χ1n) is 9.32. The Morgan fingerprint density at radius 2 is 1.88 bits per heavy atom. The Morgan fingerprint density at radius 3 is 2.54 bits per heavy atom. The van der Waals surface area contributed by atoms with Gasteiger partial charge in [0.05, 0.1) is 5.75 Å². The highest BCUT2D eigenvalue weighted by atomic mass is 32.2. The molecular formula is C17H27N5O2S2. The summed E-state index contributed by atoms with van der Waals surface area (Å²) >= 11 is 2.97. The maximum Gasteiger partial charge on any atom is 0.230 e. The molecule has 0 bridgehead atoms. The van der Waals surface area contributed by atoms with E-state index in [4.69, 9.17) is 0 Å². The van der Waals surface area contributed by atoms with Crippen LogP contribution in [0.5, 0.6) is 0 Å². The fourth-order valence-electron chi connectivity index (χ4n) is 3.34. The predicted octanol–water partition coefficient (Wildman–Crippen LogP) is 1.99. The second-order valence-corrected chi connectivity index (χ2v) is 9.33. The minimum Gasteiger partial charge on any atom is -0.353 e. The third-order valence-electron chi connectivity index (χ3n) is 4.80. The molecule has 0 unspecified atom stereocenters. The molecule has 0 radical (unpaired) electrons. The molecule has 1 aliphatic heterocycles. The lowest BCUT2D eigenvalue weighted by Crippen LogP contribution is -2.49. The zero-order valence-corrected chi connectivity index (χ0v) is 17.1. The number of aromatic nitrogens is 2. The fourth-order valence-corrected chi connectivity index (χ4v) is 5.04. The maximum atomic E-state index is 12.1. The smallest absolute Gasteiger partial charge is 0.230 e. The zero-order chi connectivity index (χ0) is 18.5. The van der Waals surface area contributed by atoms with Gasteiger partial charge in [-0.3, -0.25) is 9.59 Å². The number of hydrogen-bond acceptors (Lipinski definition) is 7. The van der Waals surface area contributed by atoms with Gasteiger partial charge in [-0.2, -0.15) is 0 Å². The number of carbonyl (C=O) groups excluding carboxylic acids is 2. The van der Waals surface area contributed by atoms with E-state index in [1.165, 1.54) is 35.9 Å². The van der Waals surface area contributed by atoms with Crippen molar-refractivity contribution < 1.29 is 9.59 Å². The molecule has 26 heavy (non-hydrogen) atoms. The monoisotopic (exact) mass is 397 g/mol. The summed E-state index contributed by atoms with van der Waals surface area (Å²) < 4.78 is 0.822. The van der Waals surface area contributed by atoms with Crippen LogP contribution >= 0.6 is 23.1 Å². The van der Waals surface area contributed by atoms with Gasteiger partial charge >= 0.3 is 0 Å². The third kappa shape index (κ3) is 5.09. The molecule has 7 nitrogen and oxygen atoms in total. The number of nitrogens with zero attached hydrogens (tertiary/aromatic N) is 4. The molecule has 1 aromatic heterocycles. The van der Waals surface area contributed by atoms with Gasteiger partial charge in [0.2, 0.25) is 16.9 Å². The first-order valence-corrected chi connectivity index (χ1v) is 11.1. The summed E-state index contributed by atoms with van der Waals surface area (Å²) in [4.78, 5) is 28.2. The third-order valence-corrected chi connectivity index (χ3v) is 6.92. The van der Waals surface area contributed by atoms with E-state index in [0.717, 1.165) is 48.5 Å². The van der Waals surface area contributed by atoms with Crippen LogP contribution in [-0.2, 0) is 9.59 Å². The largest absolute Gasteiger partial charge is 0.353 e. The van der Waals surface area contributed by atoms with E-state index >= 15 is 0 Å². The lowest BCUT2D eigenvalue weighted by atomic mass is 10.2. The number of anilines is 1. The number of hydrogen-bond donors (Lipinski definition) is 1. The van der Waals surface area contributed by atoms with Crippen molar-refractivity contribution >= 4 is 40.0 Å². The second kappa shape index (κ2) is 9.03. The second-order valence-electron chi connectivity index (χ2n) is 7.16. The van der Waals surface area contributed by atoms with E-state index in [1.807, 2.05) is 18.7 Å². The molecule has 1 aromatic rings. The van der Waals surface area contributed by atoms with Gasteiger partial charge in [-0.25, -0.2) is 0 Å². The van der Waals surface area contributed by atoms with Crippen LogP contribution in [0.25, 0.3) is 0 Å². The van der Waals surface area contributed by atoms with Crippen molar-refractivity contribution in [1.82, 2.24) is 20.4 Å². The van der Waals surface area contributed by atoms with Crippen LogP contribution < -0.4 is 10.2 Å². The first kappa shape index (κ1) is 19.4. The molecule has 2 amide bonds. The summed E-state index contributed by atoms with van der Waals surface area (Å²) in [5.41, 5.74) is 0. The minimum absolute atomic E-state index is 0.0430. The molecule has 0 aromatic carbocycles. The van der Waals surface area contributed by atoms with Gasteiger partial charge in [0, 0.05) is 38.1 Å². The van der Waals surface area contributed by atoms with Gasteiger partial charge in [-0.05, 0) is 12.8 Å². The summed E-state index contributed by atoms with van der Waals surface area (Å²) in [6, 6.07) is 0.359. The van der Waals surface area contributed by atoms with Gasteiger partial charge in [-0.15, -0.1) is 10.2 Å². The van der Waals surface area contributed by atoms with Gasteiger partial charge in [0.15, 0.2) is 4.34 Å². The van der Waals surface area contributed by atoms with Crippen LogP contribution in [0.1, 0.15) is 39.5 Å². The summed E-state index contributed by atoms with van der Waals surface area (Å²) in [6.07, 6.45) is 4.64. The Labute approximate surface area is 162 Å². The Kier molecular flexibility index (Phi) is 6.74. The number of thioether (sulfide) groups is 1. The van der Waals surface area contributed by atoms with E-state index in [1.54, 1.807) is 0 Å². The van der Waals surface area contributed by atoms with Crippen LogP contribution in [0.2, 0.25) is 0 Å². The van der Waals surface area contributed by atoms with Crippen LogP contribution in [0.4, 0.5) is 5.13 Å². The maximum absolute atomic E-state index is 12.1. The molecule has 1 aliphatic carbocycles. The molecule has 9 heteroatoms. The number of nitrogens with one attached hydrogen (secondary N) is 1. The standard InChI is InChI=1S/C17H27N5O2S2/c1-12(2)15(24)21-7-9-22(10-8-21)16-19-20-17(26-16)25-11-14(23)18-13-5-3-4-6-13/h12-13H,3-11H2,1-2H3,(H,18,23). The molecule has 1 N–H and O–H groups in total. The molecule has 3 rings (SSSR count). The van der Waals surface area contributed by atoms with Gasteiger partial charge in [-0.1, -0.05) is 49.8 Å². The molecule has 144 valence electrons. The summed E-state index contributed by atoms with van der Waals surface area (Å²) in [5, 5.41) is 12.4. The normalized spacial score (nSPS) is 18.6. The van der Waals surface area contributed by atoms with Crippen molar-refractivity contribution in [3.05, 3.63) is 0 Å². The van der Waals surface area contributed by atoms with Crippen molar-refractivity contribution in [2.24, 2.45) is 5.92 Å². The lowest BCUT2D eigenvalue weighted by Gasteiger charge is -2.35. The highest BCUT2D eigenvalue weighted by molar-refractivity contribution is 8.01. The number of rotatable bonds is 6. The number of amides is 2. The Bertz CT molecular complexity index is 622. The Balaban J connectivity index is 1.43. The number of piperazine rings is 1. The first-order chi connectivity index (χ1) is 12.5. The molecular weight excluding hydrogens is 370 g/mol. The van der Waals surface area contributed by atoms with Crippen molar-refractivity contribution in [1.29, 1.82) is 0 Å². The van der Waals surface area contributed by atoms with E-state index in [0.29, 0.717) is 11.8 Å². The van der Waals surface area contributed by atoms with Crippen LogP contribution in [0.15, 0.2) is 4.34 Å². The van der Waals surface area contributed by atoms with E-state index in [9.17, 15) is 9.59 Å². The van der Waals surface area contributed by atoms with Crippen LogP contribution in [0.3, 0.4) is 0 Å². The zero-order valence-electron chi connectivity index (χ0n) is 15.4. The van der Waals surface area contributed by atoms with Crippen molar-refractivity contribution in [3.8, 4) is 0 Å². The summed E-state index contributed by atoms with van der Waals surface area (Å²) in [6.45, 7) is 6.88. The van der Waals surface area contributed by atoms with Crippen LogP contribution in [-0.4, -0.2) is 64.9 Å². The molecule has 1 saturated heterocycles. The quantitative estimate of drug-likeness (QED) is 0.740. The SMILES string of the molecule is CC(C)C(=O)N1CCN(c2nnc(SCC(=O)NC3CCCC3)s2)CC1. The molecule has 0 atom stereocenters. The molecule has 0 spiro atoms. The highest BCUT2D eigenvalue weighted by Crippen LogP contribution is 2.29. The van der Waals surface area contributed by atoms with E-state index < -0.39 is 0 Å². The molecule has 2 fully saturated rings. The van der Waals surface area contributed by atoms with E-state index in [2.05, 4.69) is 20.4 Å². The Morgan fingerprint density at radius 1 is 1.19 bits per heavy atom. The molecule has 2 aliphatic rings. The lowest BCUT2D eigenvalue weighted by molar-refractivity contribution is -0.134. The van der Waals surface area contributed by atoms with Crippen molar-refractivity contribution in [2.45, 2.75) is 49.9 Å². The van der Waals surface area contributed by atoms with Crippen LogP contribution in [0, 0.1) is 5.92 Å². The topological polar surface area (TPSA) is 78.4 Å². The van der Waals surface area contributed by atoms with Crippen molar-refractivity contribution in [2.75, 3.05) is 36.8 Å². The molecule has 1 saturated carbocycles. The minimum atomic E-state index is 0.0430. The van der Waals surface area contributed by atoms with Gasteiger partial charge in [0.25, 0.3) is 0 Å². The summed E-state index contributed by atoms with van der Waals surface area (Å²) in [5.74, 6) is 0.731. The fraction of sp³-hybridized carbons (Fsp3) is 0.765. The van der Waals surface area contributed by atoms with Gasteiger partial charge < -0.3 is 15.1 Å². The average molecular weight is 398 g/mol. The van der Waals surface area contributed by atoms with Crippen molar-refractivity contribution in [3.63, 3.8) is 0 Å². The highest BCUT2D eigenvalue weighted by Gasteiger charge is 2.25. The Hall–Kier alpha value is -1.35. The molecule has 2 heterocycles. The summed E-state index contributed by atoms with van der Waals surface area (Å²) in [7, 11) is 0. The predicted molar refractivity (Wildman–Crippen MR) is 105 cm³/mol. The number of carbonyl (C=O) groups is 2. The van der Waals surface area contributed by atoms with Gasteiger partial charge in [0.1, 0.15) is 0 Å².